The van der Waals surface area contributed by atoms with Crippen LogP contribution < -0.4 is 5.32 Å². The number of hydrogen-bond acceptors (Lipinski definition) is 3. The van der Waals surface area contributed by atoms with Crippen LogP contribution in [0.2, 0.25) is 0 Å². The quantitative estimate of drug-likeness (QED) is 0.544. The summed E-state index contributed by atoms with van der Waals surface area (Å²) in [4.78, 5) is 0. The first-order valence-electron chi connectivity index (χ1n) is 5.16. The van der Waals surface area contributed by atoms with Crippen molar-refractivity contribution < 1.29 is 4.74 Å². The van der Waals surface area contributed by atoms with Crippen LogP contribution in [-0.2, 0) is 18.3 Å². The minimum Gasteiger partial charge on any atom is -0.502 e. The van der Waals surface area contributed by atoms with E-state index >= 15 is 0 Å². The van der Waals surface area contributed by atoms with Crippen LogP contribution in [0, 0.1) is 6.92 Å². The fourth-order valence-electron chi connectivity index (χ4n) is 1.41. The van der Waals surface area contributed by atoms with Crippen molar-refractivity contribution in [1.82, 2.24) is 15.1 Å². The first-order valence-corrected chi connectivity index (χ1v) is 5.16. The first kappa shape index (κ1) is 11.8. The van der Waals surface area contributed by atoms with Gasteiger partial charge in [-0.2, -0.15) is 5.10 Å². The van der Waals surface area contributed by atoms with Gasteiger partial charge >= 0.3 is 0 Å². The summed E-state index contributed by atoms with van der Waals surface area (Å²) in [7, 11) is 1.94. The van der Waals surface area contributed by atoms with Gasteiger partial charge in [0.25, 0.3) is 0 Å². The normalized spacial score (nSPS) is 10.3. The summed E-state index contributed by atoms with van der Waals surface area (Å²) in [5.41, 5.74) is 2.34. The lowest BCUT2D eigenvalue weighted by Gasteiger charge is -2.03. The zero-order valence-corrected chi connectivity index (χ0v) is 9.49. The lowest BCUT2D eigenvalue weighted by molar-refractivity contribution is 0.244. The van der Waals surface area contributed by atoms with Crippen LogP contribution in [0.25, 0.3) is 0 Å². The van der Waals surface area contributed by atoms with E-state index in [-0.39, 0.29) is 0 Å². The van der Waals surface area contributed by atoms with Gasteiger partial charge in [-0.25, -0.2) is 0 Å². The predicted molar refractivity (Wildman–Crippen MR) is 60.4 cm³/mol. The lowest BCUT2D eigenvalue weighted by atomic mass is 10.2. The molecule has 0 unspecified atom stereocenters. The van der Waals surface area contributed by atoms with E-state index in [0.717, 1.165) is 31.8 Å². The highest BCUT2D eigenvalue weighted by atomic mass is 16.5. The molecule has 0 amide bonds. The fourth-order valence-corrected chi connectivity index (χ4v) is 1.41. The highest BCUT2D eigenvalue weighted by Gasteiger charge is 2.01. The Bertz CT molecular complexity index is 307. The summed E-state index contributed by atoms with van der Waals surface area (Å²) < 4.78 is 6.86. The van der Waals surface area contributed by atoms with Crippen LogP contribution in [0.15, 0.2) is 19.0 Å². The predicted octanol–water partition coefficient (Wildman–Crippen LogP) is 1.37. The van der Waals surface area contributed by atoms with Gasteiger partial charge in [0.1, 0.15) is 0 Å². The van der Waals surface area contributed by atoms with Crippen molar-refractivity contribution in [3.63, 3.8) is 0 Å². The Balaban J connectivity index is 2.14. The summed E-state index contributed by atoms with van der Waals surface area (Å²) in [6.45, 7) is 8.05. The van der Waals surface area contributed by atoms with Gasteiger partial charge in [0.2, 0.25) is 0 Å². The Morgan fingerprint density at radius 3 is 3.07 bits per heavy atom. The average molecular weight is 209 g/mol. The second kappa shape index (κ2) is 6.24. The second-order valence-electron chi connectivity index (χ2n) is 3.48. The molecular formula is C11H19N3O. The second-order valence-corrected chi connectivity index (χ2v) is 3.48. The van der Waals surface area contributed by atoms with Crippen LogP contribution in [0.3, 0.4) is 0 Å². The Morgan fingerprint density at radius 2 is 2.47 bits per heavy atom. The molecule has 0 bridgehead atoms. The smallest absolute Gasteiger partial charge is 0.0885 e. The molecule has 0 spiro atoms. The number of nitrogens with zero attached hydrogens (tertiary/aromatic N) is 2. The van der Waals surface area contributed by atoms with E-state index in [0.29, 0.717) is 0 Å². The molecule has 0 saturated heterocycles. The minimum absolute atomic E-state index is 0.725. The van der Waals surface area contributed by atoms with Crippen molar-refractivity contribution in [2.24, 2.45) is 7.05 Å². The Hall–Kier alpha value is -1.29. The molecule has 1 aromatic rings. The molecule has 1 rings (SSSR count). The van der Waals surface area contributed by atoms with E-state index < -0.39 is 0 Å². The SMILES string of the molecule is C=COCCCNCc1cn(C)nc1C. The molecule has 0 atom stereocenters. The number of aromatic nitrogens is 2. The highest BCUT2D eigenvalue weighted by molar-refractivity contribution is 5.14. The van der Waals surface area contributed by atoms with Crippen molar-refractivity contribution in [3.8, 4) is 0 Å². The minimum atomic E-state index is 0.725. The first-order chi connectivity index (χ1) is 7.24. The number of hydrogen-bond donors (Lipinski definition) is 1. The number of rotatable bonds is 7. The molecule has 15 heavy (non-hydrogen) atoms. The van der Waals surface area contributed by atoms with Crippen LogP contribution >= 0.6 is 0 Å². The van der Waals surface area contributed by atoms with Crippen LogP contribution in [0.4, 0.5) is 0 Å². The van der Waals surface area contributed by atoms with Gasteiger partial charge in [0.05, 0.1) is 18.6 Å². The molecule has 0 aliphatic rings. The van der Waals surface area contributed by atoms with E-state index in [1.165, 1.54) is 11.8 Å². The number of aryl methyl sites for hydroxylation is 2. The van der Waals surface area contributed by atoms with Gasteiger partial charge in [-0.15, -0.1) is 0 Å². The van der Waals surface area contributed by atoms with Crippen molar-refractivity contribution in [1.29, 1.82) is 0 Å². The van der Waals surface area contributed by atoms with Crippen LogP contribution in [-0.4, -0.2) is 22.9 Å². The van der Waals surface area contributed by atoms with E-state index in [1.807, 2.05) is 24.9 Å². The largest absolute Gasteiger partial charge is 0.502 e. The van der Waals surface area contributed by atoms with Crippen LogP contribution in [0.5, 0.6) is 0 Å². The molecule has 0 saturated carbocycles. The average Bonchev–Trinajstić information content (AvgIpc) is 2.51. The summed E-state index contributed by atoms with van der Waals surface area (Å²) in [6.07, 6.45) is 4.51. The van der Waals surface area contributed by atoms with Gasteiger partial charge in [0, 0.05) is 25.4 Å². The third-order valence-corrected chi connectivity index (χ3v) is 2.16. The van der Waals surface area contributed by atoms with Gasteiger partial charge in [-0.05, 0) is 19.9 Å². The number of ether oxygens (including phenoxy) is 1. The van der Waals surface area contributed by atoms with E-state index in [9.17, 15) is 0 Å². The molecule has 0 aliphatic heterocycles. The highest BCUT2D eigenvalue weighted by Crippen LogP contribution is 2.03. The Labute approximate surface area is 90.9 Å². The van der Waals surface area contributed by atoms with Gasteiger partial charge in [-0.3, -0.25) is 4.68 Å². The zero-order chi connectivity index (χ0) is 11.1. The molecule has 1 heterocycles. The van der Waals surface area contributed by atoms with Gasteiger partial charge in [0.15, 0.2) is 0 Å². The monoisotopic (exact) mass is 209 g/mol. The summed E-state index contributed by atoms with van der Waals surface area (Å²) in [6, 6.07) is 0. The van der Waals surface area contributed by atoms with Gasteiger partial charge in [-0.1, -0.05) is 6.58 Å². The fraction of sp³-hybridized carbons (Fsp3) is 0.545. The molecule has 0 aromatic carbocycles. The molecule has 84 valence electrons. The Kier molecular flexibility index (Phi) is 4.90. The Morgan fingerprint density at radius 1 is 1.67 bits per heavy atom. The molecule has 0 radical (unpaired) electrons. The molecular weight excluding hydrogens is 190 g/mol. The zero-order valence-electron chi connectivity index (χ0n) is 9.49. The third-order valence-electron chi connectivity index (χ3n) is 2.16. The van der Waals surface area contributed by atoms with Crippen molar-refractivity contribution in [3.05, 3.63) is 30.3 Å². The van der Waals surface area contributed by atoms with E-state index in [4.69, 9.17) is 4.74 Å². The summed E-state index contributed by atoms with van der Waals surface area (Å²) >= 11 is 0. The lowest BCUT2D eigenvalue weighted by Crippen LogP contribution is -2.16. The van der Waals surface area contributed by atoms with E-state index in [2.05, 4.69) is 17.0 Å². The van der Waals surface area contributed by atoms with E-state index in [1.54, 1.807) is 0 Å². The maximum Gasteiger partial charge on any atom is 0.0885 e. The maximum absolute atomic E-state index is 5.02. The van der Waals surface area contributed by atoms with Crippen molar-refractivity contribution in [2.45, 2.75) is 19.9 Å². The van der Waals surface area contributed by atoms with Crippen molar-refractivity contribution in [2.75, 3.05) is 13.2 Å². The van der Waals surface area contributed by atoms with Crippen molar-refractivity contribution >= 4 is 0 Å². The summed E-state index contributed by atoms with van der Waals surface area (Å²) in [5, 5.41) is 7.63. The summed E-state index contributed by atoms with van der Waals surface area (Å²) in [5.74, 6) is 0. The van der Waals surface area contributed by atoms with Gasteiger partial charge < -0.3 is 10.1 Å². The molecule has 1 aromatic heterocycles. The molecule has 1 N–H and O–H groups in total. The molecule has 0 fully saturated rings. The number of nitrogens with one attached hydrogen (secondary N) is 1. The molecule has 4 nitrogen and oxygen atoms in total. The molecule has 4 heteroatoms. The standard InChI is InChI=1S/C11H19N3O/c1-4-15-7-5-6-12-8-11-9-14(3)13-10(11)2/h4,9,12H,1,5-8H2,2-3H3. The molecule has 0 aliphatic carbocycles. The van der Waals surface area contributed by atoms with Crippen LogP contribution in [0.1, 0.15) is 17.7 Å². The maximum atomic E-state index is 5.02. The topological polar surface area (TPSA) is 39.1 Å². The third kappa shape index (κ3) is 4.16.